The van der Waals surface area contributed by atoms with Crippen LogP contribution in [0, 0.1) is 13.8 Å². The Balaban J connectivity index is 0.00000210. The first kappa shape index (κ1) is 19.9. The van der Waals surface area contributed by atoms with Crippen molar-refractivity contribution in [1.29, 1.82) is 0 Å². The number of halogens is 1. The molecular formula is C20H20BrN3OS2. The number of nitrogens with one attached hydrogen (secondary N) is 2. The number of hydrogen-bond donors (Lipinski definition) is 3. The first-order valence-corrected chi connectivity index (χ1v) is 9.62. The fourth-order valence-electron chi connectivity index (χ4n) is 3.10. The van der Waals surface area contributed by atoms with E-state index in [-0.39, 0.29) is 17.0 Å². The zero-order valence-corrected chi connectivity index (χ0v) is 18.5. The summed E-state index contributed by atoms with van der Waals surface area (Å²) >= 11 is 6.39. The predicted molar refractivity (Wildman–Crippen MR) is 110 cm³/mol. The van der Waals surface area contributed by atoms with E-state index in [1.165, 1.54) is 10.5 Å². The third-order valence-electron chi connectivity index (χ3n) is 4.39. The summed E-state index contributed by atoms with van der Waals surface area (Å²) < 4.78 is 7.38. The van der Waals surface area contributed by atoms with E-state index in [9.17, 15) is 0 Å². The topological polar surface area (TPSA) is 40.9 Å². The molecule has 4 nitrogen and oxygen atoms in total. The molecule has 7 heteroatoms. The number of hydrogen-bond acceptors (Lipinski definition) is 4. The zero-order valence-electron chi connectivity index (χ0n) is 15.2. The van der Waals surface area contributed by atoms with Crippen LogP contribution in [-0.2, 0) is 0 Å². The Labute approximate surface area is 179 Å². The van der Waals surface area contributed by atoms with E-state index in [1.807, 2.05) is 24.3 Å². The van der Waals surface area contributed by atoms with Crippen molar-refractivity contribution in [3.63, 3.8) is 0 Å². The van der Waals surface area contributed by atoms with Gasteiger partial charge < -0.3 is 27.0 Å². The van der Waals surface area contributed by atoms with E-state index in [4.69, 9.17) is 4.74 Å². The number of aromatic nitrogens is 2. The number of anilines is 1. The van der Waals surface area contributed by atoms with Gasteiger partial charge in [-0.15, -0.1) is 0 Å². The highest BCUT2D eigenvalue weighted by Gasteiger charge is 2.27. The van der Waals surface area contributed by atoms with Crippen molar-refractivity contribution in [2.45, 2.75) is 23.9 Å². The lowest BCUT2D eigenvalue weighted by molar-refractivity contribution is -0.637. The van der Waals surface area contributed by atoms with E-state index in [0.717, 1.165) is 39.4 Å². The maximum absolute atomic E-state index is 5.27. The first-order chi connectivity index (χ1) is 12.6. The van der Waals surface area contributed by atoms with Crippen LogP contribution in [0.1, 0.15) is 17.0 Å². The molecule has 0 radical (unpaired) electrons. The minimum atomic E-state index is 0. The van der Waals surface area contributed by atoms with Crippen LogP contribution in [0.3, 0.4) is 0 Å². The number of H-pyrrole nitrogens is 1. The molecule has 0 saturated heterocycles. The molecule has 0 fully saturated rings. The fourth-order valence-corrected chi connectivity index (χ4v) is 4.40. The minimum Gasteiger partial charge on any atom is -1.00 e. The van der Waals surface area contributed by atoms with Crippen molar-refractivity contribution < 1.29 is 26.3 Å². The molecule has 2 heterocycles. The van der Waals surface area contributed by atoms with Crippen molar-refractivity contribution in [2.24, 2.45) is 0 Å². The highest BCUT2D eigenvalue weighted by molar-refractivity contribution is 8.02. The van der Waals surface area contributed by atoms with Gasteiger partial charge in [-0.1, -0.05) is 30.5 Å². The van der Waals surface area contributed by atoms with Gasteiger partial charge in [-0.2, -0.15) is 4.57 Å². The lowest BCUT2D eigenvalue weighted by Crippen LogP contribution is -3.00. The van der Waals surface area contributed by atoms with Crippen molar-refractivity contribution in [3.8, 4) is 11.4 Å². The Morgan fingerprint density at radius 3 is 2.52 bits per heavy atom. The van der Waals surface area contributed by atoms with E-state index < -0.39 is 0 Å². The van der Waals surface area contributed by atoms with Gasteiger partial charge in [0.1, 0.15) is 17.1 Å². The summed E-state index contributed by atoms with van der Waals surface area (Å²) in [6.45, 7) is 4.17. The molecule has 0 aliphatic carbocycles. The van der Waals surface area contributed by atoms with Crippen LogP contribution in [0.2, 0.25) is 0 Å². The number of rotatable bonds is 3. The standard InChI is InChI=1S/C20H19N3OS2.BrH/c1-12-4-9-16-18(10-12)26-11-17(22-16)19-13(2)21-20(25)23(19)14-5-7-15(24-3)8-6-14;/h4-11,22H,1-3H3,(H,21,25);1H. The smallest absolute Gasteiger partial charge is 0.318 e. The van der Waals surface area contributed by atoms with Gasteiger partial charge in [0.05, 0.1) is 18.5 Å². The maximum atomic E-state index is 5.27. The van der Waals surface area contributed by atoms with Crippen LogP contribution < -0.4 is 31.6 Å². The highest BCUT2D eigenvalue weighted by atomic mass is 79.9. The number of methoxy groups -OCH3 is 1. The Kier molecular flexibility index (Phi) is 5.93. The van der Waals surface area contributed by atoms with Crippen LogP contribution in [0.25, 0.3) is 11.4 Å². The van der Waals surface area contributed by atoms with Crippen molar-refractivity contribution >= 4 is 35.8 Å². The summed E-state index contributed by atoms with van der Waals surface area (Å²) in [6.07, 6.45) is 0. The van der Waals surface area contributed by atoms with Crippen LogP contribution >= 0.6 is 24.4 Å². The molecule has 2 N–H and O–H groups in total. The molecule has 1 aliphatic heterocycles. The molecule has 0 bridgehead atoms. The number of thiol groups is 1. The third-order valence-corrected chi connectivity index (χ3v) is 5.64. The van der Waals surface area contributed by atoms with Crippen LogP contribution in [0.15, 0.2) is 57.9 Å². The van der Waals surface area contributed by atoms with Gasteiger partial charge in [0.2, 0.25) is 0 Å². The Hall–Kier alpha value is -1.83. The van der Waals surface area contributed by atoms with Gasteiger partial charge in [0.25, 0.3) is 0 Å². The first-order valence-electron chi connectivity index (χ1n) is 8.29. The summed E-state index contributed by atoms with van der Waals surface area (Å²) in [5.74, 6) is 0.832. The Morgan fingerprint density at radius 1 is 1.07 bits per heavy atom. The quantitative estimate of drug-likeness (QED) is 0.410. The fraction of sp³-hybridized carbons (Fsp3) is 0.150. The lowest BCUT2D eigenvalue weighted by atomic mass is 10.2. The van der Waals surface area contributed by atoms with Crippen LogP contribution in [0.5, 0.6) is 5.75 Å². The molecular weight excluding hydrogens is 442 g/mol. The predicted octanol–water partition coefficient (Wildman–Crippen LogP) is 1.73. The SMILES string of the molecule is COc1ccc(-[n+]2c(S)[nH]c(C)c2C2=CSc3cc(C)ccc3N2)cc1.[Br-]. The normalized spacial score (nSPS) is 12.5. The van der Waals surface area contributed by atoms with Gasteiger partial charge in [0, 0.05) is 17.2 Å². The number of benzene rings is 2. The average Bonchev–Trinajstić information content (AvgIpc) is 2.95. The number of nitrogens with zero attached hydrogens (tertiary/aromatic N) is 1. The van der Waals surface area contributed by atoms with Crippen LogP contribution in [0.4, 0.5) is 5.69 Å². The zero-order chi connectivity index (χ0) is 18.3. The maximum Gasteiger partial charge on any atom is 0.318 e. The molecule has 1 aromatic heterocycles. The molecule has 1 aliphatic rings. The summed E-state index contributed by atoms with van der Waals surface area (Å²) in [5.41, 5.74) is 6.59. The number of aromatic amines is 1. The summed E-state index contributed by atoms with van der Waals surface area (Å²) in [6, 6.07) is 14.4. The summed E-state index contributed by atoms with van der Waals surface area (Å²) in [5, 5.41) is 6.51. The number of thioether (sulfide) groups is 1. The minimum absolute atomic E-state index is 0. The van der Waals surface area contributed by atoms with E-state index in [0.29, 0.717) is 0 Å². The Bertz CT molecular complexity index is 1010. The molecule has 0 spiro atoms. The number of imidazole rings is 1. The highest BCUT2D eigenvalue weighted by Crippen LogP contribution is 2.38. The average molecular weight is 462 g/mol. The molecule has 140 valence electrons. The third kappa shape index (κ3) is 3.77. The van der Waals surface area contributed by atoms with Gasteiger partial charge in [-0.05, 0) is 48.9 Å². The Morgan fingerprint density at radius 2 is 1.81 bits per heavy atom. The molecule has 0 atom stereocenters. The second-order valence-electron chi connectivity index (χ2n) is 6.23. The van der Waals surface area contributed by atoms with Crippen molar-refractivity contribution in [2.75, 3.05) is 12.4 Å². The molecule has 3 aromatic rings. The largest absolute Gasteiger partial charge is 1.00 e. The van der Waals surface area contributed by atoms with E-state index >= 15 is 0 Å². The molecule has 0 saturated carbocycles. The van der Waals surface area contributed by atoms with Gasteiger partial charge in [0.15, 0.2) is 5.69 Å². The second-order valence-corrected chi connectivity index (χ2v) is 7.56. The monoisotopic (exact) mass is 461 g/mol. The second kappa shape index (κ2) is 8.04. The van der Waals surface area contributed by atoms with Gasteiger partial charge in [-0.25, -0.2) is 4.98 Å². The molecule has 0 unspecified atom stereocenters. The van der Waals surface area contributed by atoms with Crippen molar-refractivity contribution in [3.05, 3.63) is 64.8 Å². The van der Waals surface area contributed by atoms with Gasteiger partial charge >= 0.3 is 5.16 Å². The van der Waals surface area contributed by atoms with Crippen molar-refractivity contribution in [1.82, 2.24) is 4.98 Å². The van der Waals surface area contributed by atoms with Gasteiger partial charge in [-0.3, -0.25) is 0 Å². The number of ether oxygens (including phenoxy) is 1. The summed E-state index contributed by atoms with van der Waals surface area (Å²) in [7, 11) is 1.67. The van der Waals surface area contributed by atoms with E-state index in [2.05, 4.69) is 65.0 Å². The molecule has 0 amide bonds. The summed E-state index contributed by atoms with van der Waals surface area (Å²) in [4.78, 5) is 4.58. The van der Waals surface area contributed by atoms with Crippen LogP contribution in [-0.4, -0.2) is 12.1 Å². The van der Waals surface area contributed by atoms with E-state index in [1.54, 1.807) is 18.9 Å². The molecule has 4 rings (SSSR count). The molecule has 2 aromatic carbocycles. The molecule has 27 heavy (non-hydrogen) atoms. The number of fused-ring (bicyclic) bond motifs is 1. The number of aryl methyl sites for hydroxylation is 2. The lowest BCUT2D eigenvalue weighted by Gasteiger charge is -2.18.